The summed E-state index contributed by atoms with van der Waals surface area (Å²) in [4.78, 5) is 10.3. The van der Waals surface area contributed by atoms with Gasteiger partial charge in [-0.25, -0.2) is 0 Å². The second-order valence-corrected chi connectivity index (χ2v) is 2.48. The van der Waals surface area contributed by atoms with Gasteiger partial charge in [0.05, 0.1) is 6.10 Å². The van der Waals surface area contributed by atoms with E-state index in [4.69, 9.17) is 5.11 Å². The zero-order valence-corrected chi connectivity index (χ0v) is 5.87. The van der Waals surface area contributed by atoms with Crippen molar-refractivity contribution in [3.8, 4) is 0 Å². The Kier molecular flexibility index (Phi) is 2.02. The van der Waals surface area contributed by atoms with E-state index in [1.807, 2.05) is 6.92 Å². The molecule has 0 heterocycles. The van der Waals surface area contributed by atoms with Crippen LogP contribution in [0.15, 0.2) is 23.3 Å². The van der Waals surface area contributed by atoms with Crippen LogP contribution in [0.1, 0.15) is 13.3 Å². The molecule has 0 radical (unpaired) electrons. The summed E-state index contributed by atoms with van der Waals surface area (Å²) >= 11 is 0. The normalized spacial score (nSPS) is 25.2. The van der Waals surface area contributed by atoms with Crippen LogP contribution in [0.4, 0.5) is 0 Å². The number of allylic oxidation sites excluding steroid dienone is 2. The van der Waals surface area contributed by atoms with Gasteiger partial charge in [-0.3, -0.25) is 4.79 Å². The van der Waals surface area contributed by atoms with Crippen LogP contribution in [0.3, 0.4) is 0 Å². The molecule has 0 aromatic carbocycles. The first-order valence-electron chi connectivity index (χ1n) is 3.25. The Morgan fingerprint density at radius 3 is 3.00 bits per heavy atom. The highest BCUT2D eigenvalue weighted by Gasteiger charge is 2.08. The molecule has 10 heavy (non-hydrogen) atoms. The summed E-state index contributed by atoms with van der Waals surface area (Å²) < 4.78 is 0. The lowest BCUT2D eigenvalue weighted by Crippen LogP contribution is -2.08. The van der Waals surface area contributed by atoms with Crippen molar-refractivity contribution in [2.75, 3.05) is 0 Å². The van der Waals surface area contributed by atoms with Crippen LogP contribution < -0.4 is 0 Å². The minimum Gasteiger partial charge on any atom is -0.389 e. The van der Waals surface area contributed by atoms with Gasteiger partial charge in [0.25, 0.3) is 0 Å². The van der Waals surface area contributed by atoms with E-state index in [0.717, 1.165) is 11.9 Å². The molecule has 0 spiro atoms. The Hall–Kier alpha value is -0.890. The van der Waals surface area contributed by atoms with E-state index < -0.39 is 6.10 Å². The predicted octanol–water partition coefficient (Wildman–Crippen LogP) is 0.823. The van der Waals surface area contributed by atoms with Gasteiger partial charge < -0.3 is 5.11 Å². The summed E-state index contributed by atoms with van der Waals surface area (Å²) in [6.45, 7) is 1.86. The highest BCUT2D eigenvalue weighted by molar-refractivity contribution is 5.79. The van der Waals surface area contributed by atoms with Crippen LogP contribution in [0.5, 0.6) is 0 Å². The van der Waals surface area contributed by atoms with E-state index in [1.54, 1.807) is 12.2 Å². The van der Waals surface area contributed by atoms with Gasteiger partial charge in [0.1, 0.15) is 6.29 Å². The van der Waals surface area contributed by atoms with Gasteiger partial charge in [-0.2, -0.15) is 0 Å². The number of carbonyl (C=O) groups is 1. The SMILES string of the molecule is CC1=C(C=O)C=CC(O)C1. The van der Waals surface area contributed by atoms with E-state index in [1.165, 1.54) is 0 Å². The third kappa shape index (κ3) is 1.33. The molecule has 54 valence electrons. The lowest BCUT2D eigenvalue weighted by atomic mass is 9.98. The van der Waals surface area contributed by atoms with Crippen molar-refractivity contribution in [2.24, 2.45) is 0 Å². The number of hydrogen-bond donors (Lipinski definition) is 1. The number of rotatable bonds is 1. The highest BCUT2D eigenvalue weighted by atomic mass is 16.3. The van der Waals surface area contributed by atoms with Gasteiger partial charge in [-0.05, 0) is 13.3 Å². The number of aliphatic hydroxyl groups is 1. The molecule has 1 N–H and O–H groups in total. The minimum atomic E-state index is -0.399. The Bertz CT molecular complexity index is 201. The lowest BCUT2D eigenvalue weighted by Gasteiger charge is -2.12. The van der Waals surface area contributed by atoms with Crippen molar-refractivity contribution in [3.05, 3.63) is 23.3 Å². The fraction of sp³-hybridized carbons (Fsp3) is 0.375. The van der Waals surface area contributed by atoms with E-state index in [9.17, 15) is 4.79 Å². The Balaban J connectivity index is 2.82. The monoisotopic (exact) mass is 138 g/mol. The number of hydrogen-bond acceptors (Lipinski definition) is 2. The van der Waals surface area contributed by atoms with E-state index in [-0.39, 0.29) is 0 Å². The topological polar surface area (TPSA) is 37.3 Å². The molecule has 1 aliphatic rings. The summed E-state index contributed by atoms with van der Waals surface area (Å²) in [5.74, 6) is 0. The Morgan fingerprint density at radius 1 is 1.80 bits per heavy atom. The molecule has 0 saturated carbocycles. The molecule has 0 bridgehead atoms. The molecular formula is C8H10O2. The molecule has 0 saturated heterocycles. The first-order chi connectivity index (χ1) is 4.74. The summed E-state index contributed by atoms with van der Waals surface area (Å²) in [5, 5.41) is 9.06. The molecule has 0 fully saturated rings. The van der Waals surface area contributed by atoms with Crippen LogP contribution in [0.2, 0.25) is 0 Å². The van der Waals surface area contributed by atoms with Gasteiger partial charge in [0.2, 0.25) is 0 Å². The standard InChI is InChI=1S/C8H10O2/c1-6-4-8(10)3-2-7(6)5-9/h2-3,5,8,10H,4H2,1H3. The van der Waals surface area contributed by atoms with Crippen LogP contribution in [-0.2, 0) is 4.79 Å². The average Bonchev–Trinajstić information content (AvgIpc) is 1.88. The van der Waals surface area contributed by atoms with Gasteiger partial charge in [0.15, 0.2) is 0 Å². The maximum atomic E-state index is 10.3. The maximum Gasteiger partial charge on any atom is 0.149 e. The maximum absolute atomic E-state index is 10.3. The molecule has 0 aliphatic heterocycles. The van der Waals surface area contributed by atoms with Crippen molar-refractivity contribution in [1.29, 1.82) is 0 Å². The van der Waals surface area contributed by atoms with Crippen LogP contribution >= 0.6 is 0 Å². The summed E-state index contributed by atoms with van der Waals surface area (Å²) in [5.41, 5.74) is 1.66. The first kappa shape index (κ1) is 7.22. The molecule has 0 aromatic heterocycles. The second-order valence-electron chi connectivity index (χ2n) is 2.48. The first-order valence-corrected chi connectivity index (χ1v) is 3.25. The van der Waals surface area contributed by atoms with Gasteiger partial charge >= 0.3 is 0 Å². The fourth-order valence-corrected chi connectivity index (χ4v) is 0.996. The van der Waals surface area contributed by atoms with Crippen molar-refractivity contribution < 1.29 is 9.90 Å². The van der Waals surface area contributed by atoms with Crippen molar-refractivity contribution >= 4 is 6.29 Å². The number of aldehydes is 1. The fourth-order valence-electron chi connectivity index (χ4n) is 0.996. The van der Waals surface area contributed by atoms with Crippen LogP contribution in [-0.4, -0.2) is 17.5 Å². The molecule has 1 unspecified atom stereocenters. The zero-order chi connectivity index (χ0) is 7.56. The molecule has 1 atom stereocenters. The van der Waals surface area contributed by atoms with Gasteiger partial charge in [-0.1, -0.05) is 17.7 Å². The Morgan fingerprint density at radius 2 is 2.50 bits per heavy atom. The predicted molar refractivity (Wildman–Crippen MR) is 38.5 cm³/mol. The van der Waals surface area contributed by atoms with Crippen molar-refractivity contribution in [2.45, 2.75) is 19.4 Å². The molecule has 1 rings (SSSR count). The average molecular weight is 138 g/mol. The van der Waals surface area contributed by atoms with Crippen LogP contribution in [0.25, 0.3) is 0 Å². The molecular weight excluding hydrogens is 128 g/mol. The van der Waals surface area contributed by atoms with E-state index in [0.29, 0.717) is 12.0 Å². The van der Waals surface area contributed by atoms with E-state index >= 15 is 0 Å². The molecule has 2 nitrogen and oxygen atoms in total. The molecule has 2 heteroatoms. The summed E-state index contributed by atoms with van der Waals surface area (Å²) in [6.07, 6.45) is 4.30. The minimum absolute atomic E-state index is 0.399. The Labute approximate surface area is 59.9 Å². The summed E-state index contributed by atoms with van der Waals surface area (Å²) in [6, 6.07) is 0. The lowest BCUT2D eigenvalue weighted by molar-refractivity contribution is -0.104. The third-order valence-corrected chi connectivity index (χ3v) is 1.63. The quantitative estimate of drug-likeness (QED) is 0.545. The van der Waals surface area contributed by atoms with Gasteiger partial charge in [-0.15, -0.1) is 0 Å². The molecule has 1 aliphatic carbocycles. The number of carbonyl (C=O) groups excluding carboxylic acids is 1. The van der Waals surface area contributed by atoms with Crippen molar-refractivity contribution in [3.63, 3.8) is 0 Å². The smallest absolute Gasteiger partial charge is 0.149 e. The van der Waals surface area contributed by atoms with Crippen molar-refractivity contribution in [1.82, 2.24) is 0 Å². The highest BCUT2D eigenvalue weighted by Crippen LogP contribution is 2.16. The van der Waals surface area contributed by atoms with Gasteiger partial charge in [0, 0.05) is 5.57 Å². The molecule has 0 aromatic rings. The van der Waals surface area contributed by atoms with Crippen LogP contribution in [0, 0.1) is 0 Å². The largest absolute Gasteiger partial charge is 0.389 e. The summed E-state index contributed by atoms with van der Waals surface area (Å²) in [7, 11) is 0. The zero-order valence-electron chi connectivity index (χ0n) is 5.87. The second kappa shape index (κ2) is 2.80. The van der Waals surface area contributed by atoms with E-state index in [2.05, 4.69) is 0 Å². The molecule has 0 amide bonds. The number of aliphatic hydroxyl groups excluding tert-OH is 1. The third-order valence-electron chi connectivity index (χ3n) is 1.63.